The monoisotopic (exact) mass is 273 g/mol. The lowest BCUT2D eigenvalue weighted by atomic mass is 9.65. The van der Waals surface area contributed by atoms with Crippen molar-refractivity contribution in [2.75, 3.05) is 7.05 Å². The van der Waals surface area contributed by atoms with E-state index in [1.807, 2.05) is 0 Å². The summed E-state index contributed by atoms with van der Waals surface area (Å²) in [7, 11) is 2.14. The van der Waals surface area contributed by atoms with Gasteiger partial charge in [0.25, 0.3) is 0 Å². The van der Waals surface area contributed by atoms with Gasteiger partial charge in [-0.2, -0.15) is 0 Å². The summed E-state index contributed by atoms with van der Waals surface area (Å²) in [5.74, 6) is 0.792. The van der Waals surface area contributed by atoms with Gasteiger partial charge in [-0.1, -0.05) is 44.9 Å². The normalized spacial score (nSPS) is 23.6. The Morgan fingerprint density at radius 1 is 1.20 bits per heavy atom. The molecule has 1 fully saturated rings. The lowest BCUT2D eigenvalue weighted by molar-refractivity contribution is 0.101. The smallest absolute Gasteiger partial charge is 0.0138 e. The van der Waals surface area contributed by atoms with Crippen molar-refractivity contribution in [3.05, 3.63) is 34.9 Å². The molecule has 1 nitrogen and oxygen atoms in total. The van der Waals surface area contributed by atoms with Crippen molar-refractivity contribution < 1.29 is 0 Å². The maximum absolute atomic E-state index is 3.63. The highest BCUT2D eigenvalue weighted by molar-refractivity contribution is 5.34. The number of likely N-dealkylation sites (N-methyl/N-ethyl adjacent to an activating group) is 1. The molecule has 2 unspecified atom stereocenters. The quantitative estimate of drug-likeness (QED) is 0.842. The fraction of sp³-hybridized carbons (Fsp3) is 0.684. The van der Waals surface area contributed by atoms with Crippen molar-refractivity contribution in [2.45, 2.75) is 65.8 Å². The van der Waals surface area contributed by atoms with Gasteiger partial charge in [-0.05, 0) is 68.2 Å². The molecule has 1 heteroatoms. The van der Waals surface area contributed by atoms with Gasteiger partial charge in [0, 0.05) is 6.04 Å². The van der Waals surface area contributed by atoms with Gasteiger partial charge in [0.2, 0.25) is 0 Å². The van der Waals surface area contributed by atoms with E-state index in [2.05, 4.69) is 58.3 Å². The molecule has 0 saturated heterocycles. The van der Waals surface area contributed by atoms with Gasteiger partial charge in [-0.25, -0.2) is 0 Å². The fourth-order valence-corrected chi connectivity index (χ4v) is 4.10. The van der Waals surface area contributed by atoms with Crippen LogP contribution in [-0.4, -0.2) is 13.1 Å². The topological polar surface area (TPSA) is 12.0 Å². The van der Waals surface area contributed by atoms with Crippen molar-refractivity contribution in [1.29, 1.82) is 0 Å². The van der Waals surface area contributed by atoms with Gasteiger partial charge in [0.15, 0.2) is 0 Å². The molecule has 0 aliphatic heterocycles. The SMILES string of the molecule is CNC(Cc1c(C)cccc1C)C1CCCCC1(C)C. The third-order valence-electron chi connectivity index (χ3n) is 5.52. The van der Waals surface area contributed by atoms with E-state index < -0.39 is 0 Å². The van der Waals surface area contributed by atoms with E-state index in [0.29, 0.717) is 11.5 Å². The van der Waals surface area contributed by atoms with E-state index in [1.54, 1.807) is 5.56 Å². The van der Waals surface area contributed by atoms with Crippen molar-refractivity contribution in [3.63, 3.8) is 0 Å². The first-order valence-corrected chi connectivity index (χ1v) is 8.18. The highest BCUT2D eigenvalue weighted by atomic mass is 14.9. The summed E-state index contributed by atoms with van der Waals surface area (Å²) < 4.78 is 0. The molecule has 1 aromatic rings. The third kappa shape index (κ3) is 3.25. The van der Waals surface area contributed by atoms with Gasteiger partial charge in [-0.15, -0.1) is 0 Å². The van der Waals surface area contributed by atoms with Gasteiger partial charge < -0.3 is 5.32 Å². The van der Waals surface area contributed by atoms with Crippen LogP contribution in [0.25, 0.3) is 0 Å². The van der Waals surface area contributed by atoms with Gasteiger partial charge in [0.05, 0.1) is 0 Å². The summed E-state index contributed by atoms with van der Waals surface area (Å²) in [5.41, 5.74) is 4.91. The molecular formula is C19H31N. The highest BCUT2D eigenvalue weighted by Crippen LogP contribution is 2.43. The van der Waals surface area contributed by atoms with Crippen LogP contribution < -0.4 is 5.32 Å². The molecular weight excluding hydrogens is 242 g/mol. The molecule has 0 radical (unpaired) electrons. The van der Waals surface area contributed by atoms with E-state index in [1.165, 1.54) is 43.2 Å². The van der Waals surface area contributed by atoms with E-state index in [-0.39, 0.29) is 0 Å². The standard InChI is InChI=1S/C19H31N/c1-14-9-8-10-15(2)16(14)13-18(20-5)17-11-6-7-12-19(17,3)4/h8-10,17-18,20H,6-7,11-13H2,1-5H3. The zero-order valence-corrected chi connectivity index (χ0v) is 13.9. The Labute approximate surface area is 125 Å². The first-order valence-electron chi connectivity index (χ1n) is 8.18. The molecule has 1 aliphatic rings. The van der Waals surface area contributed by atoms with Crippen LogP contribution in [0, 0.1) is 25.2 Å². The molecule has 0 bridgehead atoms. The Hall–Kier alpha value is -0.820. The van der Waals surface area contributed by atoms with Crippen LogP contribution in [0.15, 0.2) is 18.2 Å². The predicted molar refractivity (Wildman–Crippen MR) is 88.2 cm³/mol. The Bertz CT molecular complexity index is 427. The van der Waals surface area contributed by atoms with Crippen LogP contribution in [0.1, 0.15) is 56.2 Å². The van der Waals surface area contributed by atoms with Gasteiger partial charge >= 0.3 is 0 Å². The fourth-order valence-electron chi connectivity index (χ4n) is 4.10. The van der Waals surface area contributed by atoms with Gasteiger partial charge in [-0.3, -0.25) is 0 Å². The molecule has 1 aliphatic carbocycles. The minimum atomic E-state index is 0.475. The molecule has 0 amide bonds. The van der Waals surface area contributed by atoms with E-state index >= 15 is 0 Å². The molecule has 0 heterocycles. The molecule has 1 aromatic carbocycles. The van der Waals surface area contributed by atoms with E-state index in [9.17, 15) is 0 Å². The van der Waals surface area contributed by atoms with Crippen molar-refractivity contribution in [2.24, 2.45) is 11.3 Å². The van der Waals surface area contributed by atoms with Crippen molar-refractivity contribution in [3.8, 4) is 0 Å². The average Bonchev–Trinajstić information content (AvgIpc) is 2.39. The van der Waals surface area contributed by atoms with Crippen LogP contribution in [0.5, 0.6) is 0 Å². The average molecular weight is 273 g/mol. The summed E-state index contributed by atoms with van der Waals surface area (Å²) in [6, 6.07) is 7.28. The maximum Gasteiger partial charge on any atom is 0.0138 e. The Morgan fingerprint density at radius 2 is 1.85 bits per heavy atom. The minimum absolute atomic E-state index is 0.475. The molecule has 2 rings (SSSR count). The first kappa shape index (κ1) is 15.6. The predicted octanol–water partition coefficient (Wildman–Crippen LogP) is 4.65. The Kier molecular flexibility index (Phi) is 4.90. The highest BCUT2D eigenvalue weighted by Gasteiger charge is 2.37. The van der Waals surface area contributed by atoms with Crippen molar-refractivity contribution in [1.82, 2.24) is 5.32 Å². The second-order valence-corrected chi connectivity index (χ2v) is 7.31. The number of hydrogen-bond acceptors (Lipinski definition) is 1. The summed E-state index contributed by atoms with van der Waals surface area (Å²) in [5, 5.41) is 3.63. The summed E-state index contributed by atoms with van der Waals surface area (Å²) >= 11 is 0. The van der Waals surface area contributed by atoms with Gasteiger partial charge in [0.1, 0.15) is 0 Å². The second-order valence-electron chi connectivity index (χ2n) is 7.31. The van der Waals surface area contributed by atoms with Crippen molar-refractivity contribution >= 4 is 0 Å². The van der Waals surface area contributed by atoms with Crippen LogP contribution in [-0.2, 0) is 6.42 Å². The minimum Gasteiger partial charge on any atom is -0.316 e. The number of rotatable bonds is 4. The maximum atomic E-state index is 3.63. The van der Waals surface area contributed by atoms with E-state index in [0.717, 1.165) is 5.92 Å². The number of hydrogen-bond donors (Lipinski definition) is 1. The Balaban J connectivity index is 2.20. The molecule has 0 aromatic heterocycles. The lowest BCUT2D eigenvalue weighted by Gasteiger charge is -2.43. The summed E-state index contributed by atoms with van der Waals surface area (Å²) in [6.07, 6.45) is 6.73. The molecule has 112 valence electrons. The number of nitrogens with one attached hydrogen (secondary N) is 1. The van der Waals surface area contributed by atoms with E-state index in [4.69, 9.17) is 0 Å². The largest absolute Gasteiger partial charge is 0.316 e. The second kappa shape index (κ2) is 6.30. The molecule has 20 heavy (non-hydrogen) atoms. The summed E-state index contributed by atoms with van der Waals surface area (Å²) in [6.45, 7) is 9.43. The lowest BCUT2D eigenvalue weighted by Crippen LogP contribution is -2.44. The molecule has 1 saturated carbocycles. The van der Waals surface area contributed by atoms with Crippen LogP contribution in [0.3, 0.4) is 0 Å². The molecule has 2 atom stereocenters. The Morgan fingerprint density at radius 3 is 2.40 bits per heavy atom. The van der Waals surface area contributed by atoms with Crippen LogP contribution in [0.2, 0.25) is 0 Å². The number of aryl methyl sites for hydroxylation is 2. The number of benzene rings is 1. The third-order valence-corrected chi connectivity index (χ3v) is 5.52. The molecule has 1 N–H and O–H groups in total. The van der Waals surface area contributed by atoms with Crippen LogP contribution in [0.4, 0.5) is 0 Å². The zero-order valence-electron chi connectivity index (χ0n) is 13.9. The first-order chi connectivity index (χ1) is 9.45. The zero-order chi connectivity index (χ0) is 14.8. The summed E-state index contributed by atoms with van der Waals surface area (Å²) in [4.78, 5) is 0. The van der Waals surface area contributed by atoms with Crippen LogP contribution >= 0.6 is 0 Å². The molecule has 0 spiro atoms.